The molecule has 108 valence electrons. The number of aliphatic carboxylic acids is 1. The van der Waals surface area contributed by atoms with Gasteiger partial charge >= 0.3 is 5.97 Å². The molecule has 6 heteroatoms. The number of carbonyl (C=O) groups excluding carboxylic acids is 1. The topological polar surface area (TPSA) is 79.7 Å². The van der Waals surface area contributed by atoms with Gasteiger partial charge in [0.05, 0.1) is 25.6 Å². The van der Waals surface area contributed by atoms with E-state index in [9.17, 15) is 9.59 Å². The van der Waals surface area contributed by atoms with Gasteiger partial charge in [-0.2, -0.15) is 0 Å². The first-order valence-electron chi connectivity index (χ1n) is 6.57. The van der Waals surface area contributed by atoms with Gasteiger partial charge in [0, 0.05) is 25.0 Å². The van der Waals surface area contributed by atoms with E-state index in [0.29, 0.717) is 19.7 Å². The van der Waals surface area contributed by atoms with Crippen LogP contribution in [0.25, 0.3) is 0 Å². The van der Waals surface area contributed by atoms with E-state index in [1.165, 1.54) is 0 Å². The Labute approximate surface area is 117 Å². The summed E-state index contributed by atoms with van der Waals surface area (Å²) in [5, 5.41) is 8.76. The molecule has 2 heterocycles. The van der Waals surface area contributed by atoms with Crippen LogP contribution < -0.4 is 0 Å². The molecule has 1 N–H and O–H groups in total. The van der Waals surface area contributed by atoms with E-state index in [-0.39, 0.29) is 18.7 Å². The molecule has 0 spiro atoms. The van der Waals surface area contributed by atoms with E-state index >= 15 is 0 Å². The highest BCUT2D eigenvalue weighted by Crippen LogP contribution is 2.11. The molecule has 1 atom stereocenters. The molecule has 1 unspecified atom stereocenters. The van der Waals surface area contributed by atoms with Gasteiger partial charge in [-0.1, -0.05) is 6.07 Å². The Kier molecular flexibility index (Phi) is 4.68. The minimum atomic E-state index is -0.910. The Morgan fingerprint density at radius 2 is 2.30 bits per heavy atom. The van der Waals surface area contributed by atoms with Crippen LogP contribution in [0.1, 0.15) is 17.7 Å². The number of rotatable bonds is 4. The minimum absolute atomic E-state index is 0.0191. The molecule has 1 aromatic heterocycles. The zero-order chi connectivity index (χ0) is 14.5. The van der Waals surface area contributed by atoms with E-state index in [2.05, 4.69) is 4.98 Å². The Hall–Kier alpha value is -1.95. The van der Waals surface area contributed by atoms with Crippen LogP contribution in [0.15, 0.2) is 18.3 Å². The summed E-state index contributed by atoms with van der Waals surface area (Å²) in [4.78, 5) is 28.7. The summed E-state index contributed by atoms with van der Waals surface area (Å²) in [5.41, 5.74) is 1.77. The quantitative estimate of drug-likeness (QED) is 0.874. The van der Waals surface area contributed by atoms with Crippen LogP contribution >= 0.6 is 0 Å². The maximum atomic E-state index is 12.2. The Morgan fingerprint density at radius 1 is 1.50 bits per heavy atom. The van der Waals surface area contributed by atoms with E-state index in [4.69, 9.17) is 9.84 Å². The van der Waals surface area contributed by atoms with Crippen molar-refractivity contribution >= 4 is 11.9 Å². The number of carboxylic acids is 1. The lowest BCUT2D eigenvalue weighted by atomic mass is 10.1. The standard InChI is InChI=1S/C14H18N2O4/c1-10-2-3-11(8-15-10)6-13(17)16-4-5-20-12(9-16)7-14(18)19/h2-3,8,12H,4-7,9H2,1H3,(H,18,19). The van der Waals surface area contributed by atoms with Crippen LogP contribution in [0.3, 0.4) is 0 Å². The number of aryl methyl sites for hydroxylation is 1. The molecule has 1 fully saturated rings. The molecule has 1 aliphatic rings. The molecule has 1 saturated heterocycles. The van der Waals surface area contributed by atoms with Gasteiger partial charge in [-0.25, -0.2) is 0 Å². The molecule has 0 saturated carbocycles. The zero-order valence-corrected chi connectivity index (χ0v) is 11.4. The van der Waals surface area contributed by atoms with E-state index in [0.717, 1.165) is 11.3 Å². The number of carboxylic acid groups (broad SMARTS) is 1. The SMILES string of the molecule is Cc1ccc(CC(=O)N2CCOC(CC(=O)O)C2)cn1. The molecule has 2 rings (SSSR count). The number of carbonyl (C=O) groups is 2. The van der Waals surface area contributed by atoms with Crippen molar-refractivity contribution in [3.05, 3.63) is 29.6 Å². The van der Waals surface area contributed by atoms with Crippen LogP contribution in [0.4, 0.5) is 0 Å². The van der Waals surface area contributed by atoms with E-state index in [1.807, 2.05) is 19.1 Å². The van der Waals surface area contributed by atoms with Crippen molar-refractivity contribution < 1.29 is 19.4 Å². The number of amides is 1. The molecule has 0 radical (unpaired) electrons. The Morgan fingerprint density at radius 3 is 2.95 bits per heavy atom. The van der Waals surface area contributed by atoms with E-state index in [1.54, 1.807) is 11.1 Å². The maximum absolute atomic E-state index is 12.2. The second-order valence-electron chi connectivity index (χ2n) is 4.92. The summed E-state index contributed by atoms with van der Waals surface area (Å²) in [5.74, 6) is -0.929. The molecular formula is C14H18N2O4. The second-order valence-corrected chi connectivity index (χ2v) is 4.92. The number of ether oxygens (including phenoxy) is 1. The van der Waals surface area contributed by atoms with Crippen molar-refractivity contribution in [2.24, 2.45) is 0 Å². The Bertz CT molecular complexity index is 486. The number of hydrogen-bond donors (Lipinski definition) is 1. The molecule has 20 heavy (non-hydrogen) atoms. The average molecular weight is 278 g/mol. The summed E-state index contributed by atoms with van der Waals surface area (Å²) >= 11 is 0. The largest absolute Gasteiger partial charge is 0.481 e. The van der Waals surface area contributed by atoms with Gasteiger partial charge in [0.2, 0.25) is 5.91 Å². The number of pyridine rings is 1. The normalized spacial score (nSPS) is 18.9. The van der Waals surface area contributed by atoms with Gasteiger partial charge in [-0.3, -0.25) is 14.6 Å². The van der Waals surface area contributed by atoms with Crippen molar-refractivity contribution in [1.29, 1.82) is 0 Å². The third-order valence-corrected chi connectivity index (χ3v) is 3.22. The number of morpholine rings is 1. The predicted octanol–water partition coefficient (Wildman–Crippen LogP) is 0.635. The van der Waals surface area contributed by atoms with Gasteiger partial charge in [0.15, 0.2) is 0 Å². The highest BCUT2D eigenvalue weighted by Gasteiger charge is 2.25. The molecular weight excluding hydrogens is 260 g/mol. The van der Waals surface area contributed by atoms with Crippen molar-refractivity contribution in [2.45, 2.75) is 25.9 Å². The van der Waals surface area contributed by atoms with Gasteiger partial charge in [0.25, 0.3) is 0 Å². The smallest absolute Gasteiger partial charge is 0.306 e. The first kappa shape index (κ1) is 14.5. The summed E-state index contributed by atoms with van der Waals surface area (Å²) in [6.45, 7) is 3.12. The van der Waals surface area contributed by atoms with Crippen molar-refractivity contribution in [2.75, 3.05) is 19.7 Å². The van der Waals surface area contributed by atoms with Crippen LogP contribution in [-0.2, 0) is 20.7 Å². The van der Waals surface area contributed by atoms with Gasteiger partial charge < -0.3 is 14.7 Å². The lowest BCUT2D eigenvalue weighted by Crippen LogP contribution is -2.46. The lowest BCUT2D eigenvalue weighted by molar-refractivity contribution is -0.147. The molecule has 1 aromatic rings. The van der Waals surface area contributed by atoms with Crippen molar-refractivity contribution in [3.8, 4) is 0 Å². The molecule has 0 aliphatic carbocycles. The molecule has 0 aromatic carbocycles. The number of aromatic nitrogens is 1. The Balaban J connectivity index is 1.91. The van der Waals surface area contributed by atoms with Crippen LogP contribution in [0, 0.1) is 6.92 Å². The van der Waals surface area contributed by atoms with Gasteiger partial charge in [-0.15, -0.1) is 0 Å². The molecule has 1 amide bonds. The number of hydrogen-bond acceptors (Lipinski definition) is 4. The highest BCUT2D eigenvalue weighted by atomic mass is 16.5. The fourth-order valence-corrected chi connectivity index (χ4v) is 2.15. The third kappa shape index (κ3) is 4.03. The first-order chi connectivity index (χ1) is 9.54. The fourth-order valence-electron chi connectivity index (χ4n) is 2.15. The van der Waals surface area contributed by atoms with Gasteiger partial charge in [0.1, 0.15) is 0 Å². The monoisotopic (exact) mass is 278 g/mol. The third-order valence-electron chi connectivity index (χ3n) is 3.22. The molecule has 6 nitrogen and oxygen atoms in total. The average Bonchev–Trinajstić information content (AvgIpc) is 2.41. The van der Waals surface area contributed by atoms with Crippen molar-refractivity contribution in [1.82, 2.24) is 9.88 Å². The van der Waals surface area contributed by atoms with E-state index < -0.39 is 12.1 Å². The molecule has 1 aliphatic heterocycles. The first-order valence-corrected chi connectivity index (χ1v) is 6.57. The lowest BCUT2D eigenvalue weighted by Gasteiger charge is -2.32. The predicted molar refractivity (Wildman–Crippen MR) is 71.3 cm³/mol. The van der Waals surface area contributed by atoms with Crippen LogP contribution in [0.2, 0.25) is 0 Å². The highest BCUT2D eigenvalue weighted by molar-refractivity contribution is 5.79. The van der Waals surface area contributed by atoms with Crippen LogP contribution in [0.5, 0.6) is 0 Å². The second kappa shape index (κ2) is 6.47. The summed E-state index contributed by atoms with van der Waals surface area (Å²) in [6, 6.07) is 3.75. The number of nitrogens with zero attached hydrogens (tertiary/aromatic N) is 2. The van der Waals surface area contributed by atoms with Crippen LogP contribution in [-0.4, -0.2) is 52.7 Å². The van der Waals surface area contributed by atoms with Crippen molar-refractivity contribution in [3.63, 3.8) is 0 Å². The minimum Gasteiger partial charge on any atom is -0.481 e. The summed E-state index contributed by atoms with van der Waals surface area (Å²) in [7, 11) is 0. The molecule has 0 bridgehead atoms. The zero-order valence-electron chi connectivity index (χ0n) is 11.4. The van der Waals surface area contributed by atoms with Gasteiger partial charge in [-0.05, 0) is 18.6 Å². The summed E-state index contributed by atoms with van der Waals surface area (Å²) in [6.07, 6.45) is 1.49. The fraction of sp³-hybridized carbons (Fsp3) is 0.500. The summed E-state index contributed by atoms with van der Waals surface area (Å²) < 4.78 is 5.35. The maximum Gasteiger partial charge on any atom is 0.306 e.